The summed E-state index contributed by atoms with van der Waals surface area (Å²) in [6.07, 6.45) is 0. The number of amides is 1. The van der Waals surface area contributed by atoms with Crippen molar-refractivity contribution >= 4 is 11.9 Å². The van der Waals surface area contributed by atoms with Crippen LogP contribution in [0.3, 0.4) is 0 Å². The predicted octanol–water partition coefficient (Wildman–Crippen LogP) is 5.04. The van der Waals surface area contributed by atoms with Crippen molar-refractivity contribution in [1.29, 1.82) is 0 Å². The van der Waals surface area contributed by atoms with Crippen LogP contribution in [0.4, 0.5) is 4.39 Å². The van der Waals surface area contributed by atoms with Crippen molar-refractivity contribution in [1.82, 2.24) is 4.90 Å². The zero-order valence-corrected chi connectivity index (χ0v) is 16.1. The van der Waals surface area contributed by atoms with Crippen molar-refractivity contribution in [3.05, 3.63) is 95.3 Å². The van der Waals surface area contributed by atoms with E-state index in [4.69, 9.17) is 4.74 Å². The molecule has 0 N–H and O–H groups in total. The molecule has 3 aromatic carbocycles. The molecule has 5 heteroatoms. The Morgan fingerprint density at radius 3 is 2.17 bits per heavy atom. The summed E-state index contributed by atoms with van der Waals surface area (Å²) < 4.78 is 19.3. The number of hydrogen-bond acceptors (Lipinski definition) is 2. The first-order valence-electron chi connectivity index (χ1n) is 9.58. The van der Waals surface area contributed by atoms with E-state index in [-0.39, 0.29) is 11.6 Å². The number of aliphatic imine (C=N–C) groups is 1. The van der Waals surface area contributed by atoms with Crippen LogP contribution < -0.4 is 0 Å². The van der Waals surface area contributed by atoms with Gasteiger partial charge in [0.25, 0.3) is 11.9 Å². The van der Waals surface area contributed by atoms with Crippen LogP contribution in [-0.4, -0.2) is 23.4 Å². The number of benzene rings is 3. The Kier molecular flexibility index (Phi) is 5.38. The molecule has 4 rings (SSSR count). The lowest BCUT2D eigenvalue weighted by Crippen LogP contribution is -2.32. The maximum Gasteiger partial charge on any atom is 0.296 e. The lowest BCUT2D eigenvalue weighted by atomic mass is 9.97. The highest BCUT2D eigenvalue weighted by Gasteiger charge is 2.23. The van der Waals surface area contributed by atoms with Gasteiger partial charge >= 0.3 is 0 Å². The van der Waals surface area contributed by atoms with Crippen molar-refractivity contribution in [3.63, 3.8) is 0 Å². The summed E-state index contributed by atoms with van der Waals surface area (Å²) in [5, 5.41) is 0. The van der Waals surface area contributed by atoms with E-state index in [0.29, 0.717) is 19.7 Å². The van der Waals surface area contributed by atoms with Gasteiger partial charge in [0.15, 0.2) is 0 Å². The lowest BCUT2D eigenvalue weighted by Gasteiger charge is -2.24. The Bertz CT molecular complexity index is 1030. The van der Waals surface area contributed by atoms with Crippen molar-refractivity contribution in [2.24, 2.45) is 4.99 Å². The van der Waals surface area contributed by atoms with Crippen molar-refractivity contribution < 1.29 is 13.9 Å². The summed E-state index contributed by atoms with van der Waals surface area (Å²) >= 11 is 0. The minimum absolute atomic E-state index is 0.192. The molecule has 0 radical (unpaired) electrons. The van der Waals surface area contributed by atoms with Crippen LogP contribution in [0.5, 0.6) is 0 Å². The van der Waals surface area contributed by atoms with Crippen LogP contribution >= 0.6 is 0 Å². The molecule has 0 aliphatic carbocycles. The van der Waals surface area contributed by atoms with Gasteiger partial charge in [-0.3, -0.25) is 4.79 Å². The molecule has 0 bridgehead atoms. The molecule has 1 aliphatic rings. The number of carbonyl (C=O) groups is 1. The maximum atomic E-state index is 13.5. The van der Waals surface area contributed by atoms with Crippen LogP contribution in [0.25, 0.3) is 11.1 Å². The molecular formula is C24H21FN2O2. The van der Waals surface area contributed by atoms with Gasteiger partial charge in [0.05, 0.1) is 6.61 Å². The quantitative estimate of drug-likeness (QED) is 0.456. The van der Waals surface area contributed by atoms with Crippen molar-refractivity contribution in [3.8, 4) is 11.1 Å². The van der Waals surface area contributed by atoms with Gasteiger partial charge in [-0.05, 0) is 47.4 Å². The van der Waals surface area contributed by atoms with E-state index in [9.17, 15) is 9.18 Å². The number of nitrogens with zero attached hydrogens (tertiary/aromatic N) is 2. The van der Waals surface area contributed by atoms with Gasteiger partial charge in [-0.1, -0.05) is 54.6 Å². The van der Waals surface area contributed by atoms with E-state index >= 15 is 0 Å². The minimum atomic E-state index is -0.529. The van der Waals surface area contributed by atoms with Gasteiger partial charge in [0.2, 0.25) is 0 Å². The Morgan fingerprint density at radius 2 is 1.59 bits per heavy atom. The van der Waals surface area contributed by atoms with E-state index in [2.05, 4.69) is 29.3 Å². The first-order valence-corrected chi connectivity index (χ1v) is 9.58. The predicted molar refractivity (Wildman–Crippen MR) is 111 cm³/mol. The molecular weight excluding hydrogens is 367 g/mol. The highest BCUT2D eigenvalue weighted by molar-refractivity contribution is 6.01. The third-order valence-electron chi connectivity index (χ3n) is 4.86. The Morgan fingerprint density at radius 1 is 0.966 bits per heavy atom. The molecule has 0 aromatic heterocycles. The van der Waals surface area contributed by atoms with Gasteiger partial charge in [0, 0.05) is 18.7 Å². The Hall–Kier alpha value is -3.47. The summed E-state index contributed by atoms with van der Waals surface area (Å²) in [6, 6.07) is 22.2. The number of carbonyl (C=O) groups excluding carboxylic acids is 1. The molecule has 3 aromatic rings. The van der Waals surface area contributed by atoms with Crippen LogP contribution in [0.2, 0.25) is 0 Å². The molecule has 0 fully saturated rings. The fourth-order valence-corrected chi connectivity index (χ4v) is 3.54. The third kappa shape index (κ3) is 4.04. The second kappa shape index (κ2) is 8.27. The molecule has 4 nitrogen and oxygen atoms in total. The molecule has 0 spiro atoms. The second-order valence-electron chi connectivity index (χ2n) is 6.81. The molecule has 29 heavy (non-hydrogen) atoms. The van der Waals surface area contributed by atoms with E-state index in [0.717, 1.165) is 22.3 Å². The van der Waals surface area contributed by atoms with Gasteiger partial charge in [-0.2, -0.15) is 4.99 Å². The standard InChI is InChI=1S/C24H21FN2O2/c1-2-29-24(26-23(28)17-10-7-11-20(25)14-17)27-15-18-8-3-5-12-21(18)22-13-6-4-9-19(22)16-27/h3-14H,2,15-16H2,1H3/b26-24-. The minimum Gasteiger partial charge on any atom is -0.465 e. The fourth-order valence-electron chi connectivity index (χ4n) is 3.54. The normalized spacial score (nSPS) is 13.3. The summed E-state index contributed by atoms with van der Waals surface area (Å²) in [7, 11) is 0. The topological polar surface area (TPSA) is 41.9 Å². The summed E-state index contributed by atoms with van der Waals surface area (Å²) in [4.78, 5) is 18.8. The van der Waals surface area contributed by atoms with Crippen LogP contribution in [-0.2, 0) is 17.8 Å². The first kappa shape index (κ1) is 18.9. The van der Waals surface area contributed by atoms with E-state index in [1.165, 1.54) is 18.2 Å². The summed E-state index contributed by atoms with van der Waals surface area (Å²) in [5.74, 6) is -1.000. The molecule has 0 unspecified atom stereocenters. The number of hydrogen-bond donors (Lipinski definition) is 0. The van der Waals surface area contributed by atoms with Crippen LogP contribution in [0.1, 0.15) is 28.4 Å². The molecule has 1 heterocycles. The highest BCUT2D eigenvalue weighted by Crippen LogP contribution is 2.32. The Labute approximate surface area is 169 Å². The van der Waals surface area contributed by atoms with Gasteiger partial charge in [0.1, 0.15) is 5.82 Å². The SMILES string of the molecule is CCO/C(=N\C(=O)c1cccc(F)c1)N1Cc2ccccc2-c2ccccc2C1. The number of fused-ring (bicyclic) bond motifs is 3. The average Bonchev–Trinajstić information content (AvgIpc) is 2.90. The summed E-state index contributed by atoms with van der Waals surface area (Å²) in [6.45, 7) is 3.33. The van der Waals surface area contributed by atoms with Crippen molar-refractivity contribution in [2.75, 3.05) is 6.61 Å². The van der Waals surface area contributed by atoms with Gasteiger partial charge < -0.3 is 9.64 Å². The number of ether oxygens (including phenoxy) is 1. The van der Waals surface area contributed by atoms with Crippen LogP contribution in [0, 0.1) is 5.82 Å². The zero-order valence-electron chi connectivity index (χ0n) is 16.1. The maximum absolute atomic E-state index is 13.5. The number of amidine groups is 1. The highest BCUT2D eigenvalue weighted by atomic mass is 19.1. The molecule has 1 amide bonds. The first-order chi connectivity index (χ1) is 14.2. The van der Waals surface area contributed by atoms with Gasteiger partial charge in [-0.25, -0.2) is 4.39 Å². The smallest absolute Gasteiger partial charge is 0.296 e. The van der Waals surface area contributed by atoms with Crippen molar-refractivity contribution in [2.45, 2.75) is 20.0 Å². The van der Waals surface area contributed by atoms with E-state index in [1.807, 2.05) is 36.1 Å². The monoisotopic (exact) mass is 388 g/mol. The lowest BCUT2D eigenvalue weighted by molar-refractivity contribution is 0.0992. The van der Waals surface area contributed by atoms with Crippen LogP contribution in [0.15, 0.2) is 77.8 Å². The molecule has 0 atom stereocenters. The largest absolute Gasteiger partial charge is 0.465 e. The second-order valence-corrected chi connectivity index (χ2v) is 6.81. The molecule has 1 aliphatic heterocycles. The van der Waals surface area contributed by atoms with E-state index in [1.54, 1.807) is 6.07 Å². The average molecular weight is 388 g/mol. The molecule has 0 saturated heterocycles. The van der Waals surface area contributed by atoms with Gasteiger partial charge in [-0.15, -0.1) is 0 Å². The molecule has 0 saturated carbocycles. The van der Waals surface area contributed by atoms with E-state index < -0.39 is 11.7 Å². The molecule has 146 valence electrons. The Balaban J connectivity index is 1.74. The summed E-state index contributed by atoms with van der Waals surface area (Å²) in [5.41, 5.74) is 4.78. The number of halogens is 1. The number of rotatable bonds is 2. The fraction of sp³-hybridized carbons (Fsp3) is 0.167. The zero-order chi connectivity index (χ0) is 20.2. The third-order valence-corrected chi connectivity index (χ3v) is 4.86.